The Bertz CT molecular complexity index is 317. The molecule has 1 atom stereocenters. The van der Waals surface area contributed by atoms with Gasteiger partial charge in [-0.05, 0) is 18.9 Å². The first-order valence-electron chi connectivity index (χ1n) is 5.78. The predicted molar refractivity (Wildman–Crippen MR) is 63.2 cm³/mol. The minimum absolute atomic E-state index is 0.0968. The fourth-order valence-electron chi connectivity index (χ4n) is 1.90. The summed E-state index contributed by atoms with van der Waals surface area (Å²) in [6.07, 6.45) is 1.55. The maximum Gasteiger partial charge on any atom is 0.159 e. The van der Waals surface area contributed by atoms with Gasteiger partial charge in [0, 0.05) is 12.5 Å². The van der Waals surface area contributed by atoms with Gasteiger partial charge in [0.1, 0.15) is 0 Å². The summed E-state index contributed by atoms with van der Waals surface area (Å²) < 4.78 is 10.8. The molecule has 3 nitrogen and oxygen atoms in total. The maximum absolute atomic E-state index is 6.06. The highest BCUT2D eigenvalue weighted by Crippen LogP contribution is 2.13. The van der Waals surface area contributed by atoms with E-state index in [2.05, 4.69) is 31.2 Å². The third-order valence-corrected chi connectivity index (χ3v) is 2.80. The zero-order valence-corrected chi connectivity index (χ0v) is 9.69. The van der Waals surface area contributed by atoms with Crippen LogP contribution in [-0.4, -0.2) is 25.5 Å². The molecule has 1 aromatic rings. The van der Waals surface area contributed by atoms with Crippen LogP contribution in [0.5, 0.6) is 0 Å². The number of hydrogen-bond acceptors (Lipinski definition) is 3. The lowest BCUT2D eigenvalue weighted by Crippen LogP contribution is -2.28. The molecular formula is C13H19NO2. The van der Waals surface area contributed by atoms with Crippen LogP contribution in [0.3, 0.4) is 0 Å². The Labute approximate surface area is 96.5 Å². The van der Waals surface area contributed by atoms with Crippen molar-refractivity contribution in [3.05, 3.63) is 35.4 Å². The zero-order valence-electron chi connectivity index (χ0n) is 9.69. The minimum atomic E-state index is -0.0968. The summed E-state index contributed by atoms with van der Waals surface area (Å²) in [5.74, 6) is 0. The normalized spacial score (nSPS) is 18.9. The number of ether oxygens (including phenoxy) is 2. The van der Waals surface area contributed by atoms with Gasteiger partial charge in [0.25, 0.3) is 0 Å². The van der Waals surface area contributed by atoms with Gasteiger partial charge in [0.15, 0.2) is 6.29 Å². The molecule has 0 saturated carbocycles. The van der Waals surface area contributed by atoms with E-state index < -0.39 is 0 Å². The van der Waals surface area contributed by atoms with E-state index in [1.165, 1.54) is 11.1 Å². The van der Waals surface area contributed by atoms with Crippen LogP contribution in [0.25, 0.3) is 0 Å². The highest BCUT2D eigenvalue weighted by atomic mass is 16.7. The molecule has 0 aromatic heterocycles. The molecule has 88 valence electrons. The van der Waals surface area contributed by atoms with Crippen molar-refractivity contribution >= 4 is 0 Å². The van der Waals surface area contributed by atoms with E-state index in [4.69, 9.17) is 15.2 Å². The first-order chi connectivity index (χ1) is 7.74. The number of hydrogen-bond donors (Lipinski definition) is 1. The summed E-state index contributed by atoms with van der Waals surface area (Å²) in [6, 6.07) is 8.60. The highest BCUT2D eigenvalue weighted by Gasteiger charge is 2.19. The molecular weight excluding hydrogens is 202 g/mol. The number of nitrogens with two attached hydrogens (primary N) is 1. The van der Waals surface area contributed by atoms with Crippen LogP contribution in [0, 0.1) is 6.92 Å². The van der Waals surface area contributed by atoms with Gasteiger partial charge in [-0.2, -0.15) is 0 Å². The average molecular weight is 221 g/mol. The lowest BCUT2D eigenvalue weighted by molar-refractivity contribution is -0.0504. The lowest BCUT2D eigenvalue weighted by Gasteiger charge is -2.15. The Morgan fingerprint density at radius 2 is 1.88 bits per heavy atom. The van der Waals surface area contributed by atoms with Crippen molar-refractivity contribution in [2.24, 2.45) is 5.73 Å². The van der Waals surface area contributed by atoms with Crippen LogP contribution < -0.4 is 5.73 Å². The minimum Gasteiger partial charge on any atom is -0.350 e. The second-order valence-corrected chi connectivity index (χ2v) is 4.36. The van der Waals surface area contributed by atoms with Crippen molar-refractivity contribution in [1.29, 1.82) is 0 Å². The van der Waals surface area contributed by atoms with Crippen LogP contribution in [0.4, 0.5) is 0 Å². The van der Waals surface area contributed by atoms with Gasteiger partial charge in [0.2, 0.25) is 0 Å². The topological polar surface area (TPSA) is 44.5 Å². The van der Waals surface area contributed by atoms with Crippen molar-refractivity contribution in [2.75, 3.05) is 13.2 Å². The molecule has 1 saturated heterocycles. The Hall–Kier alpha value is -0.900. The summed E-state index contributed by atoms with van der Waals surface area (Å²) in [5, 5.41) is 0. The maximum atomic E-state index is 6.06. The molecule has 1 aliphatic rings. The number of aryl methyl sites for hydroxylation is 1. The van der Waals surface area contributed by atoms with Crippen molar-refractivity contribution in [2.45, 2.75) is 32.1 Å². The largest absolute Gasteiger partial charge is 0.350 e. The van der Waals surface area contributed by atoms with Crippen LogP contribution >= 0.6 is 0 Å². The molecule has 1 unspecified atom stereocenters. The summed E-state index contributed by atoms with van der Waals surface area (Å²) >= 11 is 0. The van der Waals surface area contributed by atoms with Gasteiger partial charge in [-0.3, -0.25) is 0 Å². The Kier molecular flexibility index (Phi) is 3.93. The molecule has 1 fully saturated rings. The fourth-order valence-corrected chi connectivity index (χ4v) is 1.90. The first kappa shape index (κ1) is 11.6. The van der Waals surface area contributed by atoms with Crippen LogP contribution in [0.15, 0.2) is 24.3 Å². The van der Waals surface area contributed by atoms with Crippen LogP contribution in [0.1, 0.15) is 17.5 Å². The van der Waals surface area contributed by atoms with Crippen LogP contribution in [0.2, 0.25) is 0 Å². The van der Waals surface area contributed by atoms with Gasteiger partial charge in [0.05, 0.1) is 13.2 Å². The van der Waals surface area contributed by atoms with E-state index in [9.17, 15) is 0 Å². The Balaban J connectivity index is 1.81. The van der Waals surface area contributed by atoms with E-state index in [-0.39, 0.29) is 12.3 Å². The molecule has 0 spiro atoms. The molecule has 0 radical (unpaired) electrons. The molecule has 2 rings (SSSR count). The van der Waals surface area contributed by atoms with Crippen molar-refractivity contribution in [3.8, 4) is 0 Å². The van der Waals surface area contributed by atoms with Gasteiger partial charge in [-0.15, -0.1) is 0 Å². The van der Waals surface area contributed by atoms with Crippen molar-refractivity contribution in [3.63, 3.8) is 0 Å². The first-order valence-corrected chi connectivity index (χ1v) is 5.78. The fraction of sp³-hybridized carbons (Fsp3) is 0.538. The average Bonchev–Trinajstić information content (AvgIpc) is 2.74. The zero-order chi connectivity index (χ0) is 11.4. The smallest absolute Gasteiger partial charge is 0.159 e. The Morgan fingerprint density at radius 1 is 1.25 bits per heavy atom. The Morgan fingerprint density at radius 3 is 2.50 bits per heavy atom. The van der Waals surface area contributed by atoms with Gasteiger partial charge < -0.3 is 15.2 Å². The highest BCUT2D eigenvalue weighted by molar-refractivity contribution is 5.21. The SMILES string of the molecule is Cc1ccc(CC(N)CC2OCCO2)cc1. The molecule has 0 aliphatic carbocycles. The second kappa shape index (κ2) is 5.43. The quantitative estimate of drug-likeness (QED) is 0.840. The molecule has 16 heavy (non-hydrogen) atoms. The van der Waals surface area contributed by atoms with Crippen molar-refractivity contribution in [1.82, 2.24) is 0 Å². The summed E-state index contributed by atoms with van der Waals surface area (Å²) in [7, 11) is 0. The van der Waals surface area contributed by atoms with E-state index >= 15 is 0 Å². The van der Waals surface area contributed by atoms with Gasteiger partial charge in [-0.25, -0.2) is 0 Å². The molecule has 1 aromatic carbocycles. The molecule has 3 heteroatoms. The molecule has 0 bridgehead atoms. The van der Waals surface area contributed by atoms with E-state index in [0.29, 0.717) is 13.2 Å². The third kappa shape index (κ3) is 3.30. The van der Waals surface area contributed by atoms with Gasteiger partial charge in [-0.1, -0.05) is 29.8 Å². The van der Waals surface area contributed by atoms with E-state index in [1.807, 2.05) is 0 Å². The van der Waals surface area contributed by atoms with Crippen LogP contribution in [-0.2, 0) is 15.9 Å². The number of benzene rings is 1. The molecule has 1 aliphatic heterocycles. The summed E-state index contributed by atoms with van der Waals surface area (Å²) in [4.78, 5) is 0. The second-order valence-electron chi connectivity index (χ2n) is 4.36. The third-order valence-electron chi connectivity index (χ3n) is 2.80. The standard InChI is InChI=1S/C13H19NO2/c1-10-2-4-11(5-3-10)8-12(14)9-13-15-6-7-16-13/h2-5,12-13H,6-9,14H2,1H3. The predicted octanol–water partition coefficient (Wildman–Crippen LogP) is 1.63. The van der Waals surface area contributed by atoms with Crippen molar-refractivity contribution < 1.29 is 9.47 Å². The summed E-state index contributed by atoms with van der Waals surface area (Å²) in [6.45, 7) is 3.48. The molecule has 2 N–H and O–H groups in total. The van der Waals surface area contributed by atoms with E-state index in [1.54, 1.807) is 0 Å². The lowest BCUT2D eigenvalue weighted by atomic mass is 10.0. The van der Waals surface area contributed by atoms with E-state index in [0.717, 1.165) is 12.8 Å². The molecule has 0 amide bonds. The molecule has 1 heterocycles. The monoisotopic (exact) mass is 221 g/mol. The summed E-state index contributed by atoms with van der Waals surface area (Å²) in [5.41, 5.74) is 8.62. The number of rotatable bonds is 4. The van der Waals surface area contributed by atoms with Gasteiger partial charge >= 0.3 is 0 Å².